The van der Waals surface area contributed by atoms with Crippen molar-refractivity contribution in [2.24, 2.45) is 0 Å². The van der Waals surface area contributed by atoms with Crippen LogP contribution in [0, 0.1) is 13.8 Å². The van der Waals surface area contributed by atoms with Gasteiger partial charge < -0.3 is 10.1 Å². The summed E-state index contributed by atoms with van der Waals surface area (Å²) in [4.78, 5) is 11.9. The lowest BCUT2D eigenvalue weighted by molar-refractivity contribution is -0.118. The van der Waals surface area contributed by atoms with Crippen LogP contribution in [0.3, 0.4) is 0 Å². The van der Waals surface area contributed by atoms with Crippen molar-refractivity contribution in [3.8, 4) is 5.75 Å². The minimum Gasteiger partial charge on any atom is -0.482 e. The third kappa shape index (κ3) is 4.76. The third-order valence-electron chi connectivity index (χ3n) is 2.76. The number of amides is 1. The molecular formula is C16H15BrClNO2. The summed E-state index contributed by atoms with van der Waals surface area (Å²) in [6.45, 7) is 3.88. The van der Waals surface area contributed by atoms with Crippen LogP contribution in [0.4, 0.5) is 5.69 Å². The van der Waals surface area contributed by atoms with Gasteiger partial charge >= 0.3 is 0 Å². The highest BCUT2D eigenvalue weighted by atomic mass is 79.9. The summed E-state index contributed by atoms with van der Waals surface area (Å²) in [7, 11) is 0. The SMILES string of the molecule is Cc1cc(C)cc(NC(=O)COc2ccc(Br)cc2Cl)c1. The molecule has 0 aliphatic rings. The summed E-state index contributed by atoms with van der Waals surface area (Å²) in [5.74, 6) is 0.259. The average molecular weight is 369 g/mol. The molecule has 0 heterocycles. The Morgan fingerprint density at radius 1 is 1.19 bits per heavy atom. The number of nitrogens with one attached hydrogen (secondary N) is 1. The van der Waals surface area contributed by atoms with Gasteiger partial charge in [-0.25, -0.2) is 0 Å². The van der Waals surface area contributed by atoms with Crippen LogP contribution in [-0.4, -0.2) is 12.5 Å². The first kappa shape index (κ1) is 15.9. The summed E-state index contributed by atoms with van der Waals surface area (Å²) in [5.41, 5.74) is 2.97. The molecule has 0 aliphatic heterocycles. The van der Waals surface area contributed by atoms with Crippen LogP contribution in [0.15, 0.2) is 40.9 Å². The van der Waals surface area contributed by atoms with Crippen LogP contribution in [0.2, 0.25) is 5.02 Å². The fourth-order valence-corrected chi connectivity index (χ4v) is 2.71. The lowest BCUT2D eigenvalue weighted by Crippen LogP contribution is -2.20. The molecular weight excluding hydrogens is 354 g/mol. The first-order valence-corrected chi connectivity index (χ1v) is 7.57. The van der Waals surface area contributed by atoms with Crippen molar-refractivity contribution in [3.63, 3.8) is 0 Å². The molecule has 2 aromatic carbocycles. The van der Waals surface area contributed by atoms with Gasteiger partial charge in [0.2, 0.25) is 0 Å². The molecule has 0 radical (unpaired) electrons. The maximum absolute atomic E-state index is 11.9. The van der Waals surface area contributed by atoms with E-state index in [1.54, 1.807) is 12.1 Å². The van der Waals surface area contributed by atoms with Gasteiger partial charge in [0.15, 0.2) is 6.61 Å². The van der Waals surface area contributed by atoms with Crippen molar-refractivity contribution in [1.29, 1.82) is 0 Å². The molecule has 0 bridgehead atoms. The maximum atomic E-state index is 11.9. The van der Waals surface area contributed by atoms with Gasteiger partial charge in [0.1, 0.15) is 5.75 Å². The fraction of sp³-hybridized carbons (Fsp3) is 0.188. The zero-order valence-electron chi connectivity index (χ0n) is 11.7. The Kier molecular flexibility index (Phi) is 5.26. The number of hydrogen-bond acceptors (Lipinski definition) is 2. The summed E-state index contributed by atoms with van der Waals surface area (Å²) in [5, 5.41) is 3.27. The molecule has 0 fully saturated rings. The van der Waals surface area contributed by atoms with Crippen molar-refractivity contribution < 1.29 is 9.53 Å². The predicted octanol–water partition coefficient (Wildman–Crippen LogP) is 4.74. The van der Waals surface area contributed by atoms with Gasteiger partial charge in [-0.3, -0.25) is 4.79 Å². The summed E-state index contributed by atoms with van der Waals surface area (Å²) < 4.78 is 6.28. The Labute approximate surface area is 137 Å². The molecule has 0 saturated carbocycles. The average Bonchev–Trinajstić information content (AvgIpc) is 2.36. The summed E-state index contributed by atoms with van der Waals surface area (Å²) in [6.07, 6.45) is 0. The van der Waals surface area contributed by atoms with Crippen molar-refractivity contribution in [3.05, 3.63) is 57.0 Å². The van der Waals surface area contributed by atoms with Crippen molar-refractivity contribution >= 4 is 39.1 Å². The number of rotatable bonds is 4. The van der Waals surface area contributed by atoms with E-state index in [0.717, 1.165) is 21.3 Å². The smallest absolute Gasteiger partial charge is 0.262 e. The molecule has 0 saturated heterocycles. The van der Waals surface area contributed by atoms with Crippen molar-refractivity contribution in [2.45, 2.75) is 13.8 Å². The molecule has 0 atom stereocenters. The molecule has 2 rings (SSSR count). The highest BCUT2D eigenvalue weighted by Gasteiger charge is 2.07. The number of aryl methyl sites for hydroxylation is 2. The molecule has 2 aromatic rings. The number of anilines is 1. The minimum absolute atomic E-state index is 0.0889. The van der Waals surface area contributed by atoms with Crippen molar-refractivity contribution in [2.75, 3.05) is 11.9 Å². The number of carbonyl (C=O) groups excluding carboxylic acids is 1. The van der Waals surface area contributed by atoms with Gasteiger partial charge in [0, 0.05) is 10.2 Å². The van der Waals surface area contributed by atoms with E-state index in [9.17, 15) is 4.79 Å². The second-order valence-corrected chi connectivity index (χ2v) is 6.11. The quantitative estimate of drug-likeness (QED) is 0.846. The zero-order chi connectivity index (χ0) is 15.4. The first-order chi connectivity index (χ1) is 9.94. The molecule has 0 unspecified atom stereocenters. The molecule has 110 valence electrons. The molecule has 1 amide bonds. The van der Waals surface area contributed by atoms with Gasteiger partial charge in [0.25, 0.3) is 5.91 Å². The van der Waals surface area contributed by atoms with Gasteiger partial charge in [-0.05, 0) is 55.3 Å². The van der Waals surface area contributed by atoms with E-state index in [-0.39, 0.29) is 12.5 Å². The second kappa shape index (κ2) is 6.96. The second-order valence-electron chi connectivity index (χ2n) is 4.79. The number of benzene rings is 2. The highest BCUT2D eigenvalue weighted by molar-refractivity contribution is 9.10. The normalized spacial score (nSPS) is 10.3. The Bertz CT molecular complexity index is 653. The molecule has 21 heavy (non-hydrogen) atoms. The Morgan fingerprint density at radius 2 is 1.86 bits per heavy atom. The van der Waals surface area contributed by atoms with Crippen LogP contribution in [0.25, 0.3) is 0 Å². The monoisotopic (exact) mass is 367 g/mol. The topological polar surface area (TPSA) is 38.3 Å². The standard InChI is InChI=1S/C16H15BrClNO2/c1-10-5-11(2)7-13(6-10)19-16(20)9-21-15-4-3-12(17)8-14(15)18/h3-8H,9H2,1-2H3,(H,19,20). The van der Waals surface area contributed by atoms with E-state index >= 15 is 0 Å². The first-order valence-electron chi connectivity index (χ1n) is 6.40. The van der Waals surface area contributed by atoms with E-state index in [0.29, 0.717) is 10.8 Å². The lowest BCUT2D eigenvalue weighted by atomic mass is 10.1. The summed E-state index contributed by atoms with van der Waals surface area (Å²) >= 11 is 9.34. The Balaban J connectivity index is 1.95. The number of carbonyl (C=O) groups is 1. The minimum atomic E-state index is -0.223. The van der Waals surface area contributed by atoms with Crippen LogP contribution < -0.4 is 10.1 Å². The third-order valence-corrected chi connectivity index (χ3v) is 3.55. The largest absolute Gasteiger partial charge is 0.482 e. The molecule has 5 heteroatoms. The number of hydrogen-bond donors (Lipinski definition) is 1. The van der Waals surface area contributed by atoms with E-state index < -0.39 is 0 Å². The molecule has 3 nitrogen and oxygen atoms in total. The Morgan fingerprint density at radius 3 is 2.48 bits per heavy atom. The van der Waals surface area contributed by atoms with Crippen LogP contribution in [-0.2, 0) is 4.79 Å². The van der Waals surface area contributed by atoms with Gasteiger partial charge in [-0.2, -0.15) is 0 Å². The zero-order valence-corrected chi connectivity index (χ0v) is 14.1. The molecule has 0 spiro atoms. The summed E-state index contributed by atoms with van der Waals surface area (Å²) in [6, 6.07) is 11.1. The number of ether oxygens (including phenoxy) is 1. The maximum Gasteiger partial charge on any atom is 0.262 e. The highest BCUT2D eigenvalue weighted by Crippen LogP contribution is 2.27. The molecule has 0 aliphatic carbocycles. The van der Waals surface area contributed by atoms with Crippen molar-refractivity contribution in [1.82, 2.24) is 0 Å². The molecule has 1 N–H and O–H groups in total. The predicted molar refractivity (Wildman–Crippen MR) is 89.2 cm³/mol. The fourth-order valence-electron chi connectivity index (χ4n) is 1.98. The lowest BCUT2D eigenvalue weighted by Gasteiger charge is -2.10. The van der Waals surface area contributed by atoms with E-state index in [1.165, 1.54) is 0 Å². The van der Waals surface area contributed by atoms with Gasteiger partial charge in [0.05, 0.1) is 5.02 Å². The van der Waals surface area contributed by atoms with E-state index in [1.807, 2.05) is 38.1 Å². The van der Waals surface area contributed by atoms with Crippen LogP contribution >= 0.6 is 27.5 Å². The van der Waals surface area contributed by atoms with E-state index in [4.69, 9.17) is 16.3 Å². The van der Waals surface area contributed by atoms with Crippen LogP contribution in [0.1, 0.15) is 11.1 Å². The van der Waals surface area contributed by atoms with Gasteiger partial charge in [-0.15, -0.1) is 0 Å². The Hall–Kier alpha value is -1.52. The number of halogens is 2. The van der Waals surface area contributed by atoms with Crippen LogP contribution in [0.5, 0.6) is 5.75 Å². The van der Waals surface area contributed by atoms with E-state index in [2.05, 4.69) is 21.2 Å². The molecule has 0 aromatic heterocycles. The van der Waals surface area contributed by atoms with Gasteiger partial charge in [-0.1, -0.05) is 33.6 Å².